The molecule has 2 aromatic carbocycles. The van der Waals surface area contributed by atoms with Crippen LogP contribution in [0.3, 0.4) is 0 Å². The molecule has 0 saturated carbocycles. The van der Waals surface area contributed by atoms with Gasteiger partial charge in [-0.25, -0.2) is 4.79 Å². The van der Waals surface area contributed by atoms with E-state index in [1.165, 1.54) is 0 Å². The van der Waals surface area contributed by atoms with Crippen LogP contribution in [0.2, 0.25) is 0 Å². The van der Waals surface area contributed by atoms with Gasteiger partial charge in [0.25, 0.3) is 0 Å². The molecule has 0 radical (unpaired) electrons. The predicted molar refractivity (Wildman–Crippen MR) is 99.6 cm³/mol. The van der Waals surface area contributed by atoms with Crippen molar-refractivity contribution in [2.45, 2.75) is 20.4 Å². The number of nitrogens with zero attached hydrogens (tertiary/aromatic N) is 1. The summed E-state index contributed by atoms with van der Waals surface area (Å²) >= 11 is 3.42. The van der Waals surface area contributed by atoms with Gasteiger partial charge in [-0.2, -0.15) is 0 Å². The molecule has 0 bridgehead atoms. The lowest BCUT2D eigenvalue weighted by molar-refractivity contribution is 0.0697. The van der Waals surface area contributed by atoms with Gasteiger partial charge >= 0.3 is 5.97 Å². The smallest absolute Gasteiger partial charge is 0.339 e. The summed E-state index contributed by atoms with van der Waals surface area (Å²) in [5.41, 5.74) is 4.25. The van der Waals surface area contributed by atoms with Gasteiger partial charge in [-0.3, -0.25) is 4.98 Å². The van der Waals surface area contributed by atoms with Crippen LogP contribution in [0.5, 0.6) is 0 Å². The number of hydrogen-bond acceptors (Lipinski definition) is 3. The molecule has 0 unspecified atom stereocenters. The molecule has 3 rings (SSSR count). The first-order chi connectivity index (χ1) is 11.5. The van der Waals surface area contributed by atoms with Crippen molar-refractivity contribution in [3.05, 3.63) is 69.3 Å². The van der Waals surface area contributed by atoms with Crippen LogP contribution in [0.25, 0.3) is 10.9 Å². The van der Waals surface area contributed by atoms with E-state index in [4.69, 9.17) is 0 Å². The first-order valence-electron chi connectivity index (χ1n) is 7.59. The molecule has 3 aromatic rings. The Morgan fingerprint density at radius 3 is 2.54 bits per heavy atom. The minimum atomic E-state index is -0.969. The van der Waals surface area contributed by atoms with Crippen LogP contribution in [0.4, 0.5) is 5.69 Å². The molecule has 122 valence electrons. The zero-order chi connectivity index (χ0) is 17.3. The van der Waals surface area contributed by atoms with Crippen LogP contribution < -0.4 is 5.32 Å². The van der Waals surface area contributed by atoms with Gasteiger partial charge < -0.3 is 10.4 Å². The van der Waals surface area contributed by atoms with Crippen molar-refractivity contribution in [2.75, 3.05) is 5.32 Å². The quantitative estimate of drug-likeness (QED) is 0.669. The number of carbonyl (C=O) groups is 1. The molecular weight excluding hydrogens is 368 g/mol. The van der Waals surface area contributed by atoms with E-state index in [-0.39, 0.29) is 5.56 Å². The number of carboxylic acids is 1. The van der Waals surface area contributed by atoms with Crippen molar-refractivity contribution >= 4 is 38.5 Å². The van der Waals surface area contributed by atoms with Crippen LogP contribution in [0.1, 0.15) is 27.2 Å². The Balaban J connectivity index is 2.11. The number of hydrogen-bond donors (Lipinski definition) is 2. The second kappa shape index (κ2) is 6.61. The second-order valence-corrected chi connectivity index (χ2v) is 6.62. The molecule has 2 N–H and O–H groups in total. The first kappa shape index (κ1) is 16.5. The van der Waals surface area contributed by atoms with E-state index in [0.29, 0.717) is 17.9 Å². The predicted octanol–water partition coefficient (Wildman–Crippen LogP) is 4.92. The van der Waals surface area contributed by atoms with Gasteiger partial charge in [-0.15, -0.1) is 0 Å². The van der Waals surface area contributed by atoms with Crippen molar-refractivity contribution in [3.63, 3.8) is 0 Å². The molecule has 4 nitrogen and oxygen atoms in total. The number of aromatic nitrogens is 1. The molecule has 24 heavy (non-hydrogen) atoms. The number of fused-ring (bicyclic) bond motifs is 1. The maximum atomic E-state index is 11.8. The minimum Gasteiger partial charge on any atom is -0.478 e. The zero-order valence-corrected chi connectivity index (χ0v) is 15.0. The Morgan fingerprint density at radius 1 is 1.17 bits per heavy atom. The monoisotopic (exact) mass is 384 g/mol. The summed E-state index contributed by atoms with van der Waals surface area (Å²) in [5.74, 6) is -0.969. The number of carboxylic acid groups (broad SMARTS) is 1. The fraction of sp³-hybridized carbons (Fsp3) is 0.158. The Hall–Kier alpha value is -2.40. The third kappa shape index (κ3) is 3.12. The molecule has 0 atom stereocenters. The van der Waals surface area contributed by atoms with Crippen molar-refractivity contribution in [1.29, 1.82) is 0 Å². The number of benzene rings is 2. The lowest BCUT2D eigenvalue weighted by Gasteiger charge is -2.16. The fourth-order valence-electron chi connectivity index (χ4n) is 2.84. The molecule has 0 aliphatic carbocycles. The van der Waals surface area contributed by atoms with Gasteiger partial charge in [-0.05, 0) is 43.2 Å². The molecule has 0 aliphatic heterocycles. The van der Waals surface area contributed by atoms with E-state index >= 15 is 0 Å². The van der Waals surface area contributed by atoms with E-state index in [9.17, 15) is 9.90 Å². The summed E-state index contributed by atoms with van der Waals surface area (Å²) in [4.78, 5) is 16.2. The van der Waals surface area contributed by atoms with E-state index < -0.39 is 5.97 Å². The highest BCUT2D eigenvalue weighted by Gasteiger charge is 2.19. The fourth-order valence-corrected chi connectivity index (χ4v) is 3.11. The number of rotatable bonds is 4. The molecule has 0 spiro atoms. The molecular formula is C19H17BrN2O2. The van der Waals surface area contributed by atoms with Crippen LogP contribution >= 0.6 is 15.9 Å². The normalized spacial score (nSPS) is 10.8. The maximum Gasteiger partial charge on any atom is 0.339 e. The van der Waals surface area contributed by atoms with Crippen molar-refractivity contribution in [2.24, 2.45) is 0 Å². The van der Waals surface area contributed by atoms with Gasteiger partial charge in [0.05, 0.1) is 16.9 Å². The van der Waals surface area contributed by atoms with E-state index in [0.717, 1.165) is 26.5 Å². The molecule has 0 fully saturated rings. The molecule has 1 heterocycles. The van der Waals surface area contributed by atoms with E-state index in [2.05, 4.69) is 26.2 Å². The Labute approximate surface area is 148 Å². The molecule has 0 saturated heterocycles. The van der Waals surface area contributed by atoms with Gasteiger partial charge in [0.2, 0.25) is 0 Å². The average Bonchev–Trinajstić information content (AvgIpc) is 2.53. The minimum absolute atomic E-state index is 0.230. The lowest BCUT2D eigenvalue weighted by Crippen LogP contribution is -2.11. The summed E-state index contributed by atoms with van der Waals surface area (Å²) in [6, 6.07) is 13.7. The largest absolute Gasteiger partial charge is 0.478 e. The van der Waals surface area contributed by atoms with Crippen molar-refractivity contribution in [3.8, 4) is 0 Å². The van der Waals surface area contributed by atoms with Crippen LogP contribution in [0, 0.1) is 13.8 Å². The molecule has 0 amide bonds. The molecule has 1 aromatic heterocycles. The number of pyridine rings is 1. The summed E-state index contributed by atoms with van der Waals surface area (Å²) in [6.45, 7) is 4.24. The standard InChI is InChI=1S/C19H17BrN2O2/c1-11-4-3-5-15-16(11)18(17(19(23)24)12(2)22-15)21-10-13-6-8-14(20)9-7-13/h3-9H,10H2,1-2H3,(H,21,22)(H,23,24). The van der Waals surface area contributed by atoms with Gasteiger partial charge in [0.15, 0.2) is 0 Å². The maximum absolute atomic E-state index is 11.8. The SMILES string of the molecule is Cc1nc2cccc(C)c2c(NCc2ccc(Br)cc2)c1C(=O)O. The van der Waals surface area contributed by atoms with E-state index in [1.54, 1.807) is 6.92 Å². The number of nitrogens with one attached hydrogen (secondary N) is 1. The zero-order valence-electron chi connectivity index (χ0n) is 13.4. The van der Waals surface area contributed by atoms with Crippen LogP contribution in [0.15, 0.2) is 46.9 Å². The third-order valence-corrected chi connectivity index (χ3v) is 4.53. The summed E-state index contributed by atoms with van der Waals surface area (Å²) in [7, 11) is 0. The summed E-state index contributed by atoms with van der Waals surface area (Å²) in [5, 5.41) is 13.8. The van der Waals surface area contributed by atoms with Gasteiger partial charge in [0.1, 0.15) is 5.56 Å². The van der Waals surface area contributed by atoms with Crippen molar-refractivity contribution in [1.82, 2.24) is 4.98 Å². The van der Waals surface area contributed by atoms with E-state index in [1.807, 2.05) is 49.4 Å². The highest BCUT2D eigenvalue weighted by molar-refractivity contribution is 9.10. The highest BCUT2D eigenvalue weighted by atomic mass is 79.9. The van der Waals surface area contributed by atoms with Crippen LogP contribution in [-0.4, -0.2) is 16.1 Å². The molecule has 5 heteroatoms. The number of anilines is 1. The number of aryl methyl sites for hydroxylation is 2. The summed E-state index contributed by atoms with van der Waals surface area (Å²) < 4.78 is 1.01. The van der Waals surface area contributed by atoms with Crippen LogP contribution in [-0.2, 0) is 6.54 Å². The van der Waals surface area contributed by atoms with Gasteiger partial charge in [0, 0.05) is 16.4 Å². The van der Waals surface area contributed by atoms with Crippen molar-refractivity contribution < 1.29 is 9.90 Å². The highest BCUT2D eigenvalue weighted by Crippen LogP contribution is 2.31. The summed E-state index contributed by atoms with van der Waals surface area (Å²) in [6.07, 6.45) is 0. The average molecular weight is 385 g/mol. The Morgan fingerprint density at radius 2 is 1.88 bits per heavy atom. The molecule has 0 aliphatic rings. The number of aromatic carboxylic acids is 1. The second-order valence-electron chi connectivity index (χ2n) is 5.70. The Kier molecular flexibility index (Phi) is 4.53. The van der Waals surface area contributed by atoms with Gasteiger partial charge in [-0.1, -0.05) is 40.2 Å². The Bertz CT molecular complexity index is 921. The first-order valence-corrected chi connectivity index (χ1v) is 8.38. The third-order valence-electron chi connectivity index (χ3n) is 4.00. The number of halogens is 1. The topological polar surface area (TPSA) is 62.2 Å². The lowest BCUT2D eigenvalue weighted by atomic mass is 10.0.